The first-order valence-corrected chi connectivity index (χ1v) is 6.95. The van der Waals surface area contributed by atoms with Gasteiger partial charge in [0.15, 0.2) is 0 Å². The van der Waals surface area contributed by atoms with Crippen molar-refractivity contribution in [3.05, 3.63) is 35.4 Å². The van der Waals surface area contributed by atoms with Crippen molar-refractivity contribution in [3.8, 4) is 11.8 Å². The lowest BCUT2D eigenvalue weighted by molar-refractivity contribution is 0.488. The van der Waals surface area contributed by atoms with Gasteiger partial charge in [0.1, 0.15) is 0 Å². The molecule has 0 saturated heterocycles. The van der Waals surface area contributed by atoms with Gasteiger partial charge in [-0.25, -0.2) is 0 Å². The Morgan fingerprint density at radius 2 is 2.06 bits per heavy atom. The SMILES string of the molecule is CC#CCC(CCc1ccccc1C)NCCC. The van der Waals surface area contributed by atoms with Crippen LogP contribution >= 0.6 is 0 Å². The van der Waals surface area contributed by atoms with Gasteiger partial charge in [-0.05, 0) is 50.8 Å². The molecular formula is C17H25N. The van der Waals surface area contributed by atoms with Gasteiger partial charge in [-0.2, -0.15) is 0 Å². The van der Waals surface area contributed by atoms with E-state index in [1.165, 1.54) is 24.0 Å². The van der Waals surface area contributed by atoms with Crippen molar-refractivity contribution in [2.45, 2.75) is 52.5 Å². The van der Waals surface area contributed by atoms with Gasteiger partial charge in [0.05, 0.1) is 0 Å². The molecule has 1 aromatic carbocycles. The molecule has 0 aromatic heterocycles. The topological polar surface area (TPSA) is 12.0 Å². The summed E-state index contributed by atoms with van der Waals surface area (Å²) in [5.74, 6) is 6.19. The summed E-state index contributed by atoms with van der Waals surface area (Å²) in [5, 5.41) is 3.59. The molecular weight excluding hydrogens is 218 g/mol. The highest BCUT2D eigenvalue weighted by Gasteiger charge is 2.07. The molecule has 98 valence electrons. The maximum Gasteiger partial charge on any atom is 0.0243 e. The third-order valence-electron chi connectivity index (χ3n) is 3.23. The summed E-state index contributed by atoms with van der Waals surface area (Å²) in [7, 11) is 0. The van der Waals surface area contributed by atoms with Crippen LogP contribution in [0.3, 0.4) is 0 Å². The second-order valence-corrected chi connectivity index (χ2v) is 4.75. The predicted octanol–water partition coefficient (Wildman–Crippen LogP) is 3.71. The highest BCUT2D eigenvalue weighted by Crippen LogP contribution is 2.12. The molecule has 0 bridgehead atoms. The van der Waals surface area contributed by atoms with Crippen molar-refractivity contribution in [2.24, 2.45) is 0 Å². The largest absolute Gasteiger partial charge is 0.313 e. The maximum absolute atomic E-state index is 3.59. The number of hydrogen-bond donors (Lipinski definition) is 1. The summed E-state index contributed by atoms with van der Waals surface area (Å²) in [5.41, 5.74) is 2.86. The molecule has 0 aliphatic heterocycles. The van der Waals surface area contributed by atoms with Crippen molar-refractivity contribution >= 4 is 0 Å². The van der Waals surface area contributed by atoms with Crippen LogP contribution in [0.25, 0.3) is 0 Å². The van der Waals surface area contributed by atoms with Crippen LogP contribution in [0.5, 0.6) is 0 Å². The fraction of sp³-hybridized carbons (Fsp3) is 0.529. The molecule has 0 heterocycles. The number of rotatable bonds is 7. The van der Waals surface area contributed by atoms with Crippen molar-refractivity contribution < 1.29 is 0 Å². The Bertz CT molecular complexity index is 398. The molecule has 1 N–H and O–H groups in total. The summed E-state index contributed by atoms with van der Waals surface area (Å²) in [6.07, 6.45) is 4.45. The number of hydrogen-bond acceptors (Lipinski definition) is 1. The Morgan fingerprint density at radius 1 is 1.28 bits per heavy atom. The van der Waals surface area contributed by atoms with Gasteiger partial charge < -0.3 is 5.32 Å². The Kier molecular flexibility index (Phi) is 7.22. The predicted molar refractivity (Wildman–Crippen MR) is 79.6 cm³/mol. The minimum Gasteiger partial charge on any atom is -0.313 e. The second kappa shape index (κ2) is 8.78. The average molecular weight is 243 g/mol. The molecule has 0 aliphatic rings. The molecule has 0 radical (unpaired) electrons. The van der Waals surface area contributed by atoms with Gasteiger partial charge in [-0.1, -0.05) is 31.2 Å². The molecule has 0 amide bonds. The Labute approximate surface area is 112 Å². The van der Waals surface area contributed by atoms with E-state index in [0.29, 0.717) is 6.04 Å². The normalized spacial score (nSPS) is 11.7. The standard InChI is InChI=1S/C17H25N/c1-4-6-11-17(18-14-5-2)13-12-16-10-8-7-9-15(16)3/h7-10,17-18H,5,11-14H2,1-3H3. The lowest BCUT2D eigenvalue weighted by atomic mass is 9.99. The summed E-state index contributed by atoms with van der Waals surface area (Å²) in [6, 6.07) is 9.18. The van der Waals surface area contributed by atoms with E-state index in [0.717, 1.165) is 19.4 Å². The van der Waals surface area contributed by atoms with Crippen molar-refractivity contribution in [2.75, 3.05) is 6.54 Å². The number of aryl methyl sites for hydroxylation is 2. The van der Waals surface area contributed by atoms with Crippen molar-refractivity contribution in [1.82, 2.24) is 5.32 Å². The van der Waals surface area contributed by atoms with Crippen molar-refractivity contribution in [3.63, 3.8) is 0 Å². The van der Waals surface area contributed by atoms with E-state index in [9.17, 15) is 0 Å². The molecule has 1 heteroatoms. The van der Waals surface area contributed by atoms with E-state index < -0.39 is 0 Å². The van der Waals surface area contributed by atoms with Crippen LogP contribution < -0.4 is 5.32 Å². The molecule has 1 unspecified atom stereocenters. The lowest BCUT2D eigenvalue weighted by Crippen LogP contribution is -2.30. The quantitative estimate of drug-likeness (QED) is 0.720. The smallest absolute Gasteiger partial charge is 0.0243 e. The minimum absolute atomic E-state index is 0.525. The third kappa shape index (κ3) is 5.38. The molecule has 1 rings (SSSR count). The molecule has 0 spiro atoms. The van der Waals surface area contributed by atoms with E-state index in [2.05, 4.69) is 55.3 Å². The van der Waals surface area contributed by atoms with Crippen LogP contribution in [-0.2, 0) is 6.42 Å². The van der Waals surface area contributed by atoms with Crippen LogP contribution in [0.4, 0.5) is 0 Å². The molecule has 0 aliphatic carbocycles. The first-order chi connectivity index (χ1) is 8.77. The van der Waals surface area contributed by atoms with E-state index in [-0.39, 0.29) is 0 Å². The molecule has 1 nitrogen and oxygen atoms in total. The molecule has 0 fully saturated rings. The summed E-state index contributed by atoms with van der Waals surface area (Å²) < 4.78 is 0. The first kappa shape index (κ1) is 14.8. The zero-order chi connectivity index (χ0) is 13.2. The first-order valence-electron chi connectivity index (χ1n) is 6.95. The van der Waals surface area contributed by atoms with Crippen LogP contribution in [-0.4, -0.2) is 12.6 Å². The van der Waals surface area contributed by atoms with Gasteiger partial charge in [-0.15, -0.1) is 11.8 Å². The third-order valence-corrected chi connectivity index (χ3v) is 3.23. The van der Waals surface area contributed by atoms with Gasteiger partial charge in [0.25, 0.3) is 0 Å². The summed E-state index contributed by atoms with van der Waals surface area (Å²) >= 11 is 0. The Balaban J connectivity index is 2.49. The maximum atomic E-state index is 3.59. The molecule has 1 atom stereocenters. The summed E-state index contributed by atoms with van der Waals surface area (Å²) in [4.78, 5) is 0. The zero-order valence-electron chi connectivity index (χ0n) is 11.9. The Hall–Kier alpha value is -1.26. The molecule has 0 saturated carbocycles. The van der Waals surface area contributed by atoms with E-state index in [1.807, 2.05) is 6.92 Å². The highest BCUT2D eigenvalue weighted by molar-refractivity contribution is 5.25. The van der Waals surface area contributed by atoms with Crippen LogP contribution in [0.2, 0.25) is 0 Å². The van der Waals surface area contributed by atoms with Crippen LogP contribution in [0.15, 0.2) is 24.3 Å². The van der Waals surface area contributed by atoms with Crippen LogP contribution in [0.1, 0.15) is 44.2 Å². The lowest BCUT2D eigenvalue weighted by Gasteiger charge is -2.16. The van der Waals surface area contributed by atoms with Gasteiger partial charge in [0, 0.05) is 12.5 Å². The highest BCUT2D eigenvalue weighted by atomic mass is 14.9. The monoisotopic (exact) mass is 243 g/mol. The molecule has 1 aromatic rings. The minimum atomic E-state index is 0.525. The number of nitrogens with one attached hydrogen (secondary N) is 1. The summed E-state index contributed by atoms with van der Waals surface area (Å²) in [6.45, 7) is 7.40. The van der Waals surface area contributed by atoms with Gasteiger partial charge in [0.2, 0.25) is 0 Å². The fourth-order valence-electron chi connectivity index (χ4n) is 2.07. The van der Waals surface area contributed by atoms with E-state index in [1.54, 1.807) is 0 Å². The van der Waals surface area contributed by atoms with Gasteiger partial charge in [-0.3, -0.25) is 0 Å². The van der Waals surface area contributed by atoms with Crippen LogP contribution in [0, 0.1) is 18.8 Å². The second-order valence-electron chi connectivity index (χ2n) is 4.75. The molecule has 18 heavy (non-hydrogen) atoms. The van der Waals surface area contributed by atoms with E-state index >= 15 is 0 Å². The van der Waals surface area contributed by atoms with Gasteiger partial charge >= 0.3 is 0 Å². The number of benzene rings is 1. The Morgan fingerprint density at radius 3 is 2.72 bits per heavy atom. The zero-order valence-corrected chi connectivity index (χ0v) is 11.9. The average Bonchev–Trinajstić information content (AvgIpc) is 2.39. The van der Waals surface area contributed by atoms with Crippen molar-refractivity contribution in [1.29, 1.82) is 0 Å². The fourth-order valence-corrected chi connectivity index (χ4v) is 2.07. The van der Waals surface area contributed by atoms with E-state index in [4.69, 9.17) is 0 Å².